The van der Waals surface area contributed by atoms with Crippen LogP contribution in [0.3, 0.4) is 0 Å². The van der Waals surface area contributed by atoms with Crippen molar-refractivity contribution in [3.05, 3.63) is 315 Å². The first kappa shape index (κ1) is 84.4. The van der Waals surface area contributed by atoms with E-state index in [4.69, 9.17) is 4.98 Å². The molecule has 0 bridgehead atoms. The number of fused-ring (bicyclic) bond motifs is 9. The van der Waals surface area contributed by atoms with E-state index in [1.165, 1.54) is 32.4 Å². The van der Waals surface area contributed by atoms with Gasteiger partial charge in [-0.3, -0.25) is 14.0 Å². The number of rotatable bonds is 4. The SMILES string of the molecule is CC.CC.CC.CC.CC.CC.CC.CC.CC.Cc1nnc(-c2ccccc2)n1-c1ccccc1.Cn1c(-c2ccccc2)nnc1-c1ccccc1.c1ccc2c(c1)nc1c3ccccc3c3ccccc3n21.c1ccc2ccccc2c1.c1ccccc1.c1ccncc1. The second-order valence-corrected chi connectivity index (χ2v) is 18.1. The van der Waals surface area contributed by atoms with Gasteiger partial charge in [0.15, 0.2) is 17.5 Å². The van der Waals surface area contributed by atoms with E-state index < -0.39 is 0 Å². The number of aryl methyl sites for hydroxylation is 1. The fourth-order valence-electron chi connectivity index (χ4n) is 9.12. The number of nitrogens with zero attached hydrogens (tertiary/aromatic N) is 9. The van der Waals surface area contributed by atoms with Gasteiger partial charge in [0.25, 0.3) is 0 Å². The lowest BCUT2D eigenvalue weighted by Gasteiger charge is -2.08. The van der Waals surface area contributed by atoms with Gasteiger partial charge in [-0.25, -0.2) is 4.98 Å². The van der Waals surface area contributed by atoms with Crippen molar-refractivity contribution < 1.29 is 0 Å². The summed E-state index contributed by atoms with van der Waals surface area (Å²) in [4.78, 5) is 8.64. The van der Waals surface area contributed by atoms with Crippen molar-refractivity contribution in [3.63, 3.8) is 0 Å². The standard InChI is InChI=1S/C19H12N2.2C15H13N3.C10H8.C6H6.C5H5N.9C2H6/c1-2-9-15-13(7-1)14-8-3-5-11-17(14)21-18-12-6-4-10-16(18)20-19(15)21;1-18-14(12-8-4-2-5-9-12)16-17-15(18)13-10-6-3-7-11-13;1-12-16-17-15(13-8-4-2-5-9-13)18(12)14-10-6-3-7-11-14;1-2-6-10-8-4-3-7-9(10)5-1;2*1-2-4-6-5-3-1;9*1-2/h1-12H;2*2-11H,1H3;1-8H;1-6H;1-5H;9*1-2H3. The number of imidazole rings is 1. The smallest absolute Gasteiger partial charge is 0.168 e. The van der Waals surface area contributed by atoms with Crippen LogP contribution in [0.1, 0.15) is 130 Å². The maximum atomic E-state index is 4.86. The minimum Gasteiger partial charge on any atom is -0.310 e. The van der Waals surface area contributed by atoms with Crippen molar-refractivity contribution in [3.8, 4) is 39.9 Å². The Morgan fingerprint density at radius 1 is 0.268 bits per heavy atom. The van der Waals surface area contributed by atoms with E-state index >= 15 is 0 Å². The van der Waals surface area contributed by atoms with Crippen LogP contribution in [0.15, 0.2) is 310 Å². The Hall–Kier alpha value is -10.6. The summed E-state index contributed by atoms with van der Waals surface area (Å²) in [6, 6.07) is 100. The second kappa shape index (κ2) is 53.7. The van der Waals surface area contributed by atoms with Gasteiger partial charge in [-0.1, -0.05) is 379 Å². The van der Waals surface area contributed by atoms with E-state index in [1.54, 1.807) is 12.4 Å². The lowest BCUT2D eigenvalue weighted by atomic mass is 10.1. The molecular weight excluding hydrogens is 1180 g/mol. The molecule has 97 heavy (non-hydrogen) atoms. The lowest BCUT2D eigenvalue weighted by molar-refractivity contribution is 0.930. The van der Waals surface area contributed by atoms with E-state index in [2.05, 4.69) is 162 Å². The summed E-state index contributed by atoms with van der Waals surface area (Å²) < 4.78 is 6.35. The zero-order valence-corrected chi connectivity index (χ0v) is 62.0. The Morgan fingerprint density at radius 3 is 0.979 bits per heavy atom. The van der Waals surface area contributed by atoms with Crippen molar-refractivity contribution in [1.29, 1.82) is 0 Å². The summed E-state index contributed by atoms with van der Waals surface area (Å²) in [5.74, 6) is 3.53. The molecule has 9 heteroatoms. The van der Waals surface area contributed by atoms with Crippen LogP contribution in [0.4, 0.5) is 0 Å². The Labute approximate surface area is 583 Å². The maximum Gasteiger partial charge on any atom is 0.168 e. The van der Waals surface area contributed by atoms with Crippen LogP contribution in [0.5, 0.6) is 0 Å². The van der Waals surface area contributed by atoms with E-state index in [1.807, 2.05) is 313 Å². The lowest BCUT2D eigenvalue weighted by Crippen LogP contribution is -1.99. The van der Waals surface area contributed by atoms with Crippen LogP contribution < -0.4 is 0 Å². The minimum atomic E-state index is 0.874. The van der Waals surface area contributed by atoms with Gasteiger partial charge < -0.3 is 4.57 Å². The van der Waals surface area contributed by atoms with Gasteiger partial charge in [0.05, 0.1) is 16.6 Å². The normalized spacial score (nSPS) is 9.03. The molecule has 10 aromatic carbocycles. The summed E-state index contributed by atoms with van der Waals surface area (Å²) >= 11 is 0. The zero-order valence-electron chi connectivity index (χ0n) is 62.0. The molecule has 0 saturated heterocycles. The molecule has 0 aliphatic heterocycles. The molecule has 5 heterocycles. The first-order valence-electron chi connectivity index (χ1n) is 35.1. The van der Waals surface area contributed by atoms with Crippen LogP contribution >= 0.6 is 0 Å². The second-order valence-electron chi connectivity index (χ2n) is 18.1. The third kappa shape index (κ3) is 26.2. The molecule has 15 aromatic rings. The van der Waals surface area contributed by atoms with Crippen LogP contribution in [0.25, 0.3) is 89.0 Å². The van der Waals surface area contributed by atoms with E-state index in [-0.39, 0.29) is 0 Å². The number of benzene rings is 10. The molecule has 0 fully saturated rings. The Morgan fingerprint density at radius 2 is 0.577 bits per heavy atom. The monoisotopic (exact) mass is 1290 g/mol. The van der Waals surface area contributed by atoms with E-state index in [0.29, 0.717) is 0 Å². The predicted octanol–water partition coefficient (Wildman–Crippen LogP) is 26.0. The Bertz CT molecular complexity index is 4050. The summed E-state index contributed by atoms with van der Waals surface area (Å²) in [7, 11) is 1.99. The van der Waals surface area contributed by atoms with Gasteiger partial charge in [-0.15, -0.1) is 20.4 Å². The highest BCUT2D eigenvalue weighted by molar-refractivity contribution is 6.13. The van der Waals surface area contributed by atoms with Gasteiger partial charge in [0.1, 0.15) is 11.5 Å². The number of hydrogen-bond acceptors (Lipinski definition) is 6. The third-order valence-corrected chi connectivity index (χ3v) is 12.9. The van der Waals surface area contributed by atoms with Gasteiger partial charge in [-0.05, 0) is 65.5 Å². The Balaban J connectivity index is 0.000000576. The van der Waals surface area contributed by atoms with Crippen molar-refractivity contribution in [2.45, 2.75) is 132 Å². The average Bonchev–Trinajstić information content (AvgIpc) is 1.64. The Kier molecular flexibility index (Phi) is 46.7. The van der Waals surface area contributed by atoms with Crippen molar-refractivity contribution in [2.75, 3.05) is 0 Å². The number of hydrogen-bond donors (Lipinski definition) is 0. The van der Waals surface area contributed by atoms with Crippen LogP contribution in [-0.2, 0) is 7.05 Å². The molecule has 0 radical (unpaired) electrons. The quantitative estimate of drug-likeness (QED) is 0.163. The first-order chi connectivity index (χ1) is 48.1. The topological polar surface area (TPSA) is 91.6 Å². The molecule has 0 atom stereocenters. The van der Waals surface area contributed by atoms with Crippen molar-refractivity contribution >= 4 is 49.1 Å². The highest BCUT2D eigenvalue weighted by Gasteiger charge is 2.14. The molecule has 5 aromatic heterocycles. The third-order valence-electron chi connectivity index (χ3n) is 12.9. The van der Waals surface area contributed by atoms with Gasteiger partial charge in [0, 0.05) is 52.6 Å². The molecule has 0 saturated carbocycles. The van der Waals surface area contributed by atoms with Crippen LogP contribution in [0, 0.1) is 6.92 Å². The summed E-state index contributed by atoms with van der Waals surface area (Å²) in [5.41, 5.74) is 8.75. The van der Waals surface area contributed by atoms with Crippen molar-refractivity contribution in [2.24, 2.45) is 7.05 Å². The first-order valence-corrected chi connectivity index (χ1v) is 35.1. The molecule has 0 unspecified atom stereocenters. The predicted molar refractivity (Wildman–Crippen MR) is 428 cm³/mol. The fraction of sp³-hybridized carbons (Fsp3) is 0.227. The molecule has 0 N–H and O–H groups in total. The minimum absolute atomic E-state index is 0.874. The van der Waals surface area contributed by atoms with Crippen LogP contribution in [0.2, 0.25) is 0 Å². The number of pyridine rings is 2. The highest BCUT2D eigenvalue weighted by atomic mass is 15.3. The molecule has 15 rings (SSSR count). The summed E-state index contributed by atoms with van der Waals surface area (Å²) in [6.45, 7) is 38.0. The van der Waals surface area contributed by atoms with Gasteiger partial charge >= 0.3 is 0 Å². The molecule has 0 aliphatic rings. The molecule has 9 nitrogen and oxygen atoms in total. The fourth-order valence-corrected chi connectivity index (χ4v) is 9.12. The van der Waals surface area contributed by atoms with Gasteiger partial charge in [0.2, 0.25) is 0 Å². The van der Waals surface area contributed by atoms with Crippen LogP contribution in [-0.4, -0.2) is 43.9 Å². The molecule has 0 aliphatic carbocycles. The molecular formula is C88H111N9. The molecule has 0 amide bonds. The van der Waals surface area contributed by atoms with Crippen molar-refractivity contribution in [1.82, 2.24) is 43.9 Å². The highest BCUT2D eigenvalue weighted by Crippen LogP contribution is 2.32. The molecule has 0 spiro atoms. The number of para-hydroxylation sites is 4. The largest absolute Gasteiger partial charge is 0.310 e. The number of aromatic nitrogens is 9. The van der Waals surface area contributed by atoms with E-state index in [9.17, 15) is 0 Å². The maximum absolute atomic E-state index is 4.86. The summed E-state index contributed by atoms with van der Waals surface area (Å²) in [6.07, 6.45) is 3.50. The summed E-state index contributed by atoms with van der Waals surface area (Å²) in [5, 5.41) is 23.4. The van der Waals surface area contributed by atoms with Gasteiger partial charge in [-0.2, -0.15) is 0 Å². The molecule has 508 valence electrons. The van der Waals surface area contributed by atoms with E-state index in [0.717, 1.165) is 62.4 Å². The average molecular weight is 1290 g/mol. The zero-order chi connectivity index (χ0) is 71.9.